The monoisotopic (exact) mass is 457 g/mol. The van der Waals surface area contributed by atoms with Crippen molar-refractivity contribution in [1.29, 1.82) is 0 Å². The number of likely N-dealkylation sites (N-methyl/N-ethyl adjacent to an activating group) is 1. The molecule has 0 unspecified atom stereocenters. The van der Waals surface area contributed by atoms with Crippen LogP contribution in [0.1, 0.15) is 11.1 Å². The third-order valence-electron chi connectivity index (χ3n) is 5.63. The van der Waals surface area contributed by atoms with E-state index in [2.05, 4.69) is 29.2 Å². The van der Waals surface area contributed by atoms with Crippen molar-refractivity contribution >= 4 is 22.0 Å². The van der Waals surface area contributed by atoms with Crippen LogP contribution in [0.5, 0.6) is 5.75 Å². The summed E-state index contributed by atoms with van der Waals surface area (Å²) in [5.41, 5.74) is 1.89. The van der Waals surface area contributed by atoms with Gasteiger partial charge in [0.25, 0.3) is 0 Å². The normalized spacial score (nSPS) is 15.4. The molecule has 172 valence electrons. The zero-order chi connectivity index (χ0) is 23.1. The van der Waals surface area contributed by atoms with E-state index in [4.69, 9.17) is 4.74 Å². The molecule has 1 amide bonds. The molecule has 8 heteroatoms. The topological polar surface area (TPSA) is 70.2 Å². The number of nitrogens with zero attached hydrogens (tertiary/aromatic N) is 3. The quantitative estimate of drug-likeness (QED) is 0.609. The van der Waals surface area contributed by atoms with Crippen LogP contribution in [0.15, 0.2) is 59.5 Å². The summed E-state index contributed by atoms with van der Waals surface area (Å²) in [6.45, 7) is 5.14. The van der Waals surface area contributed by atoms with E-state index in [0.717, 1.165) is 35.1 Å². The highest BCUT2D eigenvalue weighted by Gasteiger charge is 2.27. The number of amides is 1. The smallest absolute Gasteiger partial charge is 0.243 e. The van der Waals surface area contributed by atoms with Gasteiger partial charge in [0.05, 0.1) is 18.6 Å². The lowest BCUT2D eigenvalue weighted by atomic mass is 10.2. The molecule has 1 saturated heterocycles. The first-order valence-electron chi connectivity index (χ1n) is 10.6. The van der Waals surface area contributed by atoms with E-state index in [1.807, 2.05) is 18.2 Å². The fraction of sp³-hybridized carbons (Fsp3) is 0.375. The summed E-state index contributed by atoms with van der Waals surface area (Å²) >= 11 is 0. The third kappa shape index (κ3) is 5.97. The fourth-order valence-corrected chi connectivity index (χ4v) is 4.85. The van der Waals surface area contributed by atoms with Gasteiger partial charge >= 0.3 is 0 Å². The van der Waals surface area contributed by atoms with Crippen molar-refractivity contribution in [3.8, 4) is 5.75 Å². The maximum atomic E-state index is 12.9. The zero-order valence-electron chi connectivity index (χ0n) is 18.9. The first kappa shape index (κ1) is 24.0. The number of ether oxygens (including phenoxy) is 1. The number of benzene rings is 2. The largest absolute Gasteiger partial charge is 0.496 e. The van der Waals surface area contributed by atoms with Gasteiger partial charge in [0, 0.05) is 39.8 Å². The van der Waals surface area contributed by atoms with Crippen molar-refractivity contribution in [2.45, 2.75) is 11.8 Å². The van der Waals surface area contributed by atoms with Crippen LogP contribution < -0.4 is 4.74 Å². The molecule has 0 aliphatic carbocycles. The molecule has 0 radical (unpaired) electrons. The fourth-order valence-electron chi connectivity index (χ4n) is 3.65. The molecule has 3 rings (SSSR count). The Hall–Kier alpha value is -2.68. The van der Waals surface area contributed by atoms with Gasteiger partial charge in [0.1, 0.15) is 5.75 Å². The Kier molecular flexibility index (Phi) is 8.06. The van der Waals surface area contributed by atoms with E-state index < -0.39 is 10.0 Å². The van der Waals surface area contributed by atoms with Crippen molar-refractivity contribution in [3.63, 3.8) is 0 Å². The van der Waals surface area contributed by atoms with Crippen LogP contribution in [0.4, 0.5) is 0 Å². The highest BCUT2D eigenvalue weighted by molar-refractivity contribution is 7.89. The van der Waals surface area contributed by atoms with Crippen molar-refractivity contribution in [2.75, 3.05) is 53.4 Å². The molecule has 2 aromatic carbocycles. The zero-order valence-corrected chi connectivity index (χ0v) is 19.7. The Morgan fingerprint density at radius 1 is 1.09 bits per heavy atom. The Morgan fingerprint density at radius 3 is 2.41 bits per heavy atom. The molecule has 1 aliphatic heterocycles. The second kappa shape index (κ2) is 10.8. The molecule has 0 saturated carbocycles. The molecule has 7 nitrogen and oxygen atoms in total. The van der Waals surface area contributed by atoms with E-state index in [0.29, 0.717) is 18.8 Å². The van der Waals surface area contributed by atoms with Gasteiger partial charge < -0.3 is 9.64 Å². The Balaban J connectivity index is 1.50. The third-order valence-corrected chi connectivity index (χ3v) is 7.43. The average Bonchev–Trinajstić information content (AvgIpc) is 2.80. The number of carbonyl (C=O) groups is 1. The summed E-state index contributed by atoms with van der Waals surface area (Å²) in [7, 11) is -0.774. The minimum atomic E-state index is -3.76. The van der Waals surface area contributed by atoms with Crippen molar-refractivity contribution in [2.24, 2.45) is 0 Å². The summed E-state index contributed by atoms with van der Waals surface area (Å²) in [6, 6.07) is 14.8. The molecule has 0 spiro atoms. The standard InChI is InChI=1S/C24H31N3O4S/c1-20-18-22(11-12-23(20)31-3)32(29,30)25(2)19-24(28)27-16-14-26(15-17-27)13-7-10-21-8-5-4-6-9-21/h4-12,18H,13-17,19H2,1-3H3/b10-7+. The van der Waals surface area contributed by atoms with Crippen LogP contribution in [0.25, 0.3) is 6.08 Å². The Morgan fingerprint density at radius 2 is 1.78 bits per heavy atom. The van der Waals surface area contributed by atoms with Crippen LogP contribution in [-0.4, -0.2) is 81.9 Å². The Bertz CT molecular complexity index is 1050. The number of piperazine rings is 1. The highest BCUT2D eigenvalue weighted by Crippen LogP contribution is 2.23. The van der Waals surface area contributed by atoms with Gasteiger partial charge in [-0.15, -0.1) is 0 Å². The van der Waals surface area contributed by atoms with Crippen molar-refractivity contribution < 1.29 is 17.9 Å². The molecular weight excluding hydrogens is 426 g/mol. The summed E-state index contributed by atoms with van der Waals surface area (Å²) in [5, 5.41) is 0. The molecule has 32 heavy (non-hydrogen) atoms. The van der Waals surface area contributed by atoms with E-state index in [-0.39, 0.29) is 17.3 Å². The van der Waals surface area contributed by atoms with Crippen LogP contribution in [0.3, 0.4) is 0 Å². The Labute approximate surface area is 190 Å². The number of carbonyl (C=O) groups excluding carboxylic acids is 1. The SMILES string of the molecule is COc1ccc(S(=O)(=O)N(C)CC(=O)N2CCN(C/C=C/c3ccccc3)CC2)cc1C. The minimum absolute atomic E-state index is 0.154. The predicted molar refractivity (Wildman–Crippen MR) is 126 cm³/mol. The average molecular weight is 458 g/mol. The summed E-state index contributed by atoms with van der Waals surface area (Å²) < 4.78 is 32.1. The number of rotatable bonds is 8. The molecule has 0 N–H and O–H groups in total. The summed E-state index contributed by atoms with van der Waals surface area (Å²) in [4.78, 5) is 16.9. The number of hydrogen-bond donors (Lipinski definition) is 0. The number of sulfonamides is 1. The van der Waals surface area contributed by atoms with Crippen molar-refractivity contribution in [1.82, 2.24) is 14.1 Å². The molecule has 0 bridgehead atoms. The van der Waals surface area contributed by atoms with Gasteiger partial charge in [-0.2, -0.15) is 4.31 Å². The van der Waals surface area contributed by atoms with E-state index in [9.17, 15) is 13.2 Å². The molecule has 2 aromatic rings. The number of aryl methyl sites for hydroxylation is 1. The van der Waals surface area contributed by atoms with Gasteiger partial charge in [-0.1, -0.05) is 42.5 Å². The van der Waals surface area contributed by atoms with Crippen LogP contribution >= 0.6 is 0 Å². The van der Waals surface area contributed by atoms with E-state index >= 15 is 0 Å². The first-order chi connectivity index (χ1) is 15.3. The highest BCUT2D eigenvalue weighted by atomic mass is 32.2. The van der Waals surface area contributed by atoms with Crippen LogP contribution in [0, 0.1) is 6.92 Å². The molecule has 1 heterocycles. The van der Waals surface area contributed by atoms with Crippen LogP contribution in [0.2, 0.25) is 0 Å². The second-order valence-electron chi connectivity index (χ2n) is 7.89. The summed E-state index contributed by atoms with van der Waals surface area (Å²) in [5.74, 6) is 0.444. The first-order valence-corrected chi connectivity index (χ1v) is 12.1. The second-order valence-corrected chi connectivity index (χ2v) is 9.93. The van der Waals surface area contributed by atoms with Gasteiger partial charge in [-0.3, -0.25) is 9.69 Å². The molecule has 1 aliphatic rings. The molecule has 0 atom stereocenters. The minimum Gasteiger partial charge on any atom is -0.496 e. The van der Waals surface area contributed by atoms with E-state index in [1.165, 1.54) is 13.1 Å². The van der Waals surface area contributed by atoms with Gasteiger partial charge in [0.2, 0.25) is 15.9 Å². The lowest BCUT2D eigenvalue weighted by Gasteiger charge is -2.34. The predicted octanol–water partition coefficient (Wildman–Crippen LogP) is 2.48. The number of methoxy groups -OCH3 is 1. The lowest BCUT2D eigenvalue weighted by molar-refractivity contribution is -0.132. The molecular formula is C24H31N3O4S. The van der Waals surface area contributed by atoms with Gasteiger partial charge in [-0.25, -0.2) is 8.42 Å². The van der Waals surface area contributed by atoms with Gasteiger partial charge in [0.15, 0.2) is 0 Å². The van der Waals surface area contributed by atoms with Crippen LogP contribution in [-0.2, 0) is 14.8 Å². The van der Waals surface area contributed by atoms with E-state index in [1.54, 1.807) is 31.1 Å². The maximum Gasteiger partial charge on any atom is 0.243 e. The van der Waals surface area contributed by atoms with Gasteiger partial charge in [-0.05, 0) is 36.2 Å². The lowest BCUT2D eigenvalue weighted by Crippen LogP contribution is -2.51. The maximum absolute atomic E-state index is 12.9. The molecule has 0 aromatic heterocycles. The molecule has 1 fully saturated rings. The summed E-state index contributed by atoms with van der Waals surface area (Å²) in [6.07, 6.45) is 4.22. The number of hydrogen-bond acceptors (Lipinski definition) is 5. The van der Waals surface area contributed by atoms with Crippen molar-refractivity contribution in [3.05, 3.63) is 65.7 Å².